The third-order valence-electron chi connectivity index (χ3n) is 6.93. The molecule has 1 amide bonds. The molecule has 3 aromatic rings. The minimum absolute atomic E-state index is 0.105. The summed E-state index contributed by atoms with van der Waals surface area (Å²) in [5, 5.41) is 10.2. The van der Waals surface area contributed by atoms with Crippen molar-refractivity contribution in [2.24, 2.45) is 0 Å². The SMILES string of the molecule is COc1cc(C)c(-c2cccc3c2CC[C@@H]3c2ccc(C3CC(=O)NS3=O)c(O)c2)c(C)c1. The van der Waals surface area contributed by atoms with Gasteiger partial charge in [0.2, 0.25) is 5.91 Å². The predicted octanol–water partition coefficient (Wildman–Crippen LogP) is 4.99. The maximum Gasteiger partial charge on any atom is 0.233 e. The third kappa shape index (κ3) is 3.72. The Balaban J connectivity index is 1.52. The fourth-order valence-corrected chi connectivity index (χ4v) is 6.63. The zero-order valence-corrected chi connectivity index (χ0v) is 19.8. The molecule has 0 radical (unpaired) electrons. The molecule has 0 bridgehead atoms. The highest BCUT2D eigenvalue weighted by molar-refractivity contribution is 7.84. The fraction of sp³-hybridized carbons (Fsp3) is 0.296. The van der Waals surface area contributed by atoms with Crippen LogP contribution in [0, 0.1) is 13.8 Å². The zero-order chi connectivity index (χ0) is 23.3. The highest BCUT2D eigenvalue weighted by atomic mass is 32.2. The first-order valence-electron chi connectivity index (χ1n) is 11.2. The van der Waals surface area contributed by atoms with Crippen molar-refractivity contribution in [3.63, 3.8) is 0 Å². The van der Waals surface area contributed by atoms with E-state index in [9.17, 15) is 14.1 Å². The molecule has 2 unspecified atom stereocenters. The van der Waals surface area contributed by atoms with Crippen LogP contribution in [0.4, 0.5) is 0 Å². The summed E-state index contributed by atoms with van der Waals surface area (Å²) < 4.78 is 20.0. The number of phenolic OH excluding ortho intramolecular Hbond substituents is 1. The smallest absolute Gasteiger partial charge is 0.233 e. The molecule has 6 heteroatoms. The molecule has 170 valence electrons. The molecule has 1 fully saturated rings. The van der Waals surface area contributed by atoms with Gasteiger partial charge in [-0.1, -0.05) is 30.3 Å². The van der Waals surface area contributed by atoms with Crippen LogP contribution in [0.1, 0.15) is 57.4 Å². The molecule has 5 rings (SSSR count). The number of amides is 1. The fourth-order valence-electron chi connectivity index (χ4n) is 5.45. The first-order chi connectivity index (χ1) is 15.9. The van der Waals surface area contributed by atoms with Gasteiger partial charge >= 0.3 is 0 Å². The zero-order valence-electron chi connectivity index (χ0n) is 19.0. The van der Waals surface area contributed by atoms with E-state index >= 15 is 0 Å². The van der Waals surface area contributed by atoms with Gasteiger partial charge in [-0.25, -0.2) is 4.21 Å². The lowest BCUT2D eigenvalue weighted by atomic mass is 9.87. The van der Waals surface area contributed by atoms with E-state index in [4.69, 9.17) is 4.74 Å². The Morgan fingerprint density at radius 3 is 2.45 bits per heavy atom. The highest BCUT2D eigenvalue weighted by Crippen LogP contribution is 2.45. The van der Waals surface area contributed by atoms with Gasteiger partial charge in [-0.15, -0.1) is 0 Å². The number of benzene rings is 3. The van der Waals surface area contributed by atoms with Crippen LogP contribution >= 0.6 is 0 Å². The normalized spacial score (nSPS) is 21.7. The molecule has 0 aromatic heterocycles. The van der Waals surface area contributed by atoms with Gasteiger partial charge in [0.25, 0.3) is 0 Å². The number of methoxy groups -OCH3 is 1. The van der Waals surface area contributed by atoms with Crippen LogP contribution in [-0.4, -0.2) is 22.3 Å². The molecule has 33 heavy (non-hydrogen) atoms. The molecule has 2 N–H and O–H groups in total. The number of rotatable bonds is 4. The van der Waals surface area contributed by atoms with E-state index in [1.54, 1.807) is 13.2 Å². The summed E-state index contributed by atoms with van der Waals surface area (Å²) in [5.41, 5.74) is 9.15. The maximum atomic E-state index is 12.2. The van der Waals surface area contributed by atoms with Gasteiger partial charge in [-0.3, -0.25) is 9.52 Å². The number of aryl methyl sites for hydroxylation is 2. The van der Waals surface area contributed by atoms with Crippen LogP contribution in [0.15, 0.2) is 48.5 Å². The minimum Gasteiger partial charge on any atom is -0.508 e. The van der Waals surface area contributed by atoms with E-state index in [0.29, 0.717) is 5.56 Å². The maximum absolute atomic E-state index is 12.2. The summed E-state index contributed by atoms with van der Waals surface area (Å²) in [5.74, 6) is 0.916. The number of hydrogen-bond donors (Lipinski definition) is 2. The number of aromatic hydroxyl groups is 1. The summed E-state index contributed by atoms with van der Waals surface area (Å²) in [4.78, 5) is 11.6. The second kappa shape index (κ2) is 8.34. The van der Waals surface area contributed by atoms with Crippen LogP contribution in [0.2, 0.25) is 0 Å². The lowest BCUT2D eigenvalue weighted by Gasteiger charge is -2.18. The molecule has 1 aliphatic carbocycles. The van der Waals surface area contributed by atoms with Crippen molar-refractivity contribution in [3.05, 3.63) is 81.9 Å². The Morgan fingerprint density at radius 1 is 1.06 bits per heavy atom. The van der Waals surface area contributed by atoms with E-state index in [0.717, 1.165) is 24.2 Å². The summed E-state index contributed by atoms with van der Waals surface area (Å²) in [6.07, 6.45) is 2.07. The summed E-state index contributed by atoms with van der Waals surface area (Å²) in [7, 11) is 0.196. The molecule has 0 saturated carbocycles. The van der Waals surface area contributed by atoms with Crippen molar-refractivity contribution < 1.29 is 18.8 Å². The lowest BCUT2D eigenvalue weighted by molar-refractivity contribution is -0.118. The van der Waals surface area contributed by atoms with Crippen LogP contribution in [0.5, 0.6) is 11.5 Å². The van der Waals surface area contributed by atoms with Crippen molar-refractivity contribution >= 4 is 16.9 Å². The Labute approximate surface area is 196 Å². The van der Waals surface area contributed by atoms with E-state index in [-0.39, 0.29) is 24.0 Å². The molecular formula is C27H27NO4S. The van der Waals surface area contributed by atoms with Gasteiger partial charge in [0.1, 0.15) is 22.5 Å². The number of nitrogens with one attached hydrogen (secondary N) is 1. The third-order valence-corrected chi connectivity index (χ3v) is 8.30. The molecule has 3 atom stereocenters. The number of carbonyl (C=O) groups is 1. The molecule has 2 aliphatic rings. The van der Waals surface area contributed by atoms with Crippen LogP contribution in [0.3, 0.4) is 0 Å². The Hall–Kier alpha value is -3.12. The average molecular weight is 462 g/mol. The number of hydrogen-bond acceptors (Lipinski definition) is 4. The quantitative estimate of drug-likeness (QED) is 0.574. The Morgan fingerprint density at radius 2 is 1.82 bits per heavy atom. The summed E-state index contributed by atoms with van der Waals surface area (Å²) >= 11 is 0. The Bertz CT molecular complexity index is 1280. The van der Waals surface area contributed by atoms with E-state index in [1.807, 2.05) is 12.1 Å². The molecule has 1 saturated heterocycles. The first kappa shape index (κ1) is 21.7. The standard InChI is InChI=1S/C27H27NO4S/c1-15-11-18(32-3)12-16(2)27(15)22-6-4-5-20-19(9-10-21(20)22)17-7-8-23(24(29)13-17)25-14-26(30)28-33(25)31/h4-8,11-13,19,25,29H,9-10,14H2,1-3H3,(H,28,30)/t19-,25?,33?/m1/s1. The summed E-state index contributed by atoms with van der Waals surface area (Å²) in [6, 6.07) is 16.3. The first-order valence-corrected chi connectivity index (χ1v) is 12.4. The Kier molecular flexibility index (Phi) is 5.49. The van der Waals surface area contributed by atoms with Crippen molar-refractivity contribution in [2.75, 3.05) is 7.11 Å². The van der Waals surface area contributed by atoms with Gasteiger partial charge in [0.15, 0.2) is 0 Å². The summed E-state index contributed by atoms with van der Waals surface area (Å²) in [6.45, 7) is 4.25. The molecule has 1 aliphatic heterocycles. The van der Waals surface area contributed by atoms with Crippen molar-refractivity contribution in [1.82, 2.24) is 4.72 Å². The van der Waals surface area contributed by atoms with Gasteiger partial charge in [-0.2, -0.15) is 0 Å². The largest absolute Gasteiger partial charge is 0.508 e. The van der Waals surface area contributed by atoms with Gasteiger partial charge in [-0.05, 0) is 83.8 Å². The van der Waals surface area contributed by atoms with E-state index in [1.165, 1.54) is 33.4 Å². The minimum atomic E-state index is -1.50. The number of ether oxygens (including phenoxy) is 1. The molecule has 5 nitrogen and oxygen atoms in total. The van der Waals surface area contributed by atoms with Crippen LogP contribution in [0.25, 0.3) is 11.1 Å². The van der Waals surface area contributed by atoms with Crippen molar-refractivity contribution in [3.8, 4) is 22.6 Å². The average Bonchev–Trinajstić information content (AvgIpc) is 3.36. The molecular weight excluding hydrogens is 434 g/mol. The molecule has 3 aromatic carbocycles. The second-order valence-electron chi connectivity index (χ2n) is 8.93. The number of carbonyl (C=O) groups excluding carboxylic acids is 1. The van der Waals surface area contributed by atoms with Crippen LogP contribution in [-0.2, 0) is 22.2 Å². The number of phenols is 1. The molecule has 0 spiro atoms. The highest BCUT2D eigenvalue weighted by Gasteiger charge is 2.33. The lowest BCUT2D eigenvalue weighted by Crippen LogP contribution is -2.15. The predicted molar refractivity (Wildman–Crippen MR) is 130 cm³/mol. The van der Waals surface area contributed by atoms with Gasteiger partial charge in [0, 0.05) is 17.9 Å². The van der Waals surface area contributed by atoms with E-state index < -0.39 is 16.2 Å². The second-order valence-corrected chi connectivity index (χ2v) is 10.3. The number of fused-ring (bicyclic) bond motifs is 1. The van der Waals surface area contributed by atoms with Gasteiger partial charge in [0.05, 0.1) is 12.4 Å². The van der Waals surface area contributed by atoms with E-state index in [2.05, 4.69) is 48.9 Å². The van der Waals surface area contributed by atoms with Gasteiger partial charge < -0.3 is 9.84 Å². The van der Waals surface area contributed by atoms with Crippen LogP contribution < -0.4 is 9.46 Å². The van der Waals surface area contributed by atoms with Crippen molar-refractivity contribution in [2.45, 2.75) is 44.3 Å². The van der Waals surface area contributed by atoms with Crippen molar-refractivity contribution in [1.29, 1.82) is 0 Å². The molecule has 1 heterocycles. The monoisotopic (exact) mass is 461 g/mol. The topological polar surface area (TPSA) is 75.6 Å².